The Bertz CT molecular complexity index is 928. The number of allylic oxidation sites excluding steroid dienone is 1. The van der Waals surface area contributed by atoms with Gasteiger partial charge in [0.15, 0.2) is 17.7 Å². The third-order valence-electron chi connectivity index (χ3n) is 4.82. The third kappa shape index (κ3) is 3.88. The number of aromatic nitrogens is 1. The second kappa shape index (κ2) is 8.21. The van der Waals surface area contributed by atoms with Crippen molar-refractivity contribution in [3.05, 3.63) is 60.1 Å². The van der Waals surface area contributed by atoms with E-state index in [9.17, 15) is 5.26 Å². The number of nitrogens with two attached hydrogens (primary N) is 1. The molecule has 1 fully saturated rings. The quantitative estimate of drug-likeness (QED) is 0.852. The van der Waals surface area contributed by atoms with Crippen molar-refractivity contribution in [1.29, 1.82) is 5.26 Å². The van der Waals surface area contributed by atoms with Gasteiger partial charge in [0.1, 0.15) is 12.2 Å². The van der Waals surface area contributed by atoms with Gasteiger partial charge in [-0.2, -0.15) is 5.26 Å². The van der Waals surface area contributed by atoms with E-state index < -0.39 is 6.29 Å². The predicted molar refractivity (Wildman–Crippen MR) is 109 cm³/mol. The fourth-order valence-corrected chi connectivity index (χ4v) is 3.34. The van der Waals surface area contributed by atoms with Crippen molar-refractivity contribution >= 4 is 17.5 Å². The van der Waals surface area contributed by atoms with Gasteiger partial charge in [0.25, 0.3) is 0 Å². The van der Waals surface area contributed by atoms with Crippen LogP contribution in [-0.4, -0.2) is 36.7 Å². The molecule has 28 heavy (non-hydrogen) atoms. The maximum Gasteiger partial charge on any atom is 0.182 e. The first kappa shape index (κ1) is 18.2. The Labute approximate surface area is 164 Å². The first-order chi connectivity index (χ1) is 13.7. The summed E-state index contributed by atoms with van der Waals surface area (Å²) in [5.41, 5.74) is 9.20. The zero-order chi connectivity index (χ0) is 19.3. The van der Waals surface area contributed by atoms with Crippen molar-refractivity contribution in [1.82, 2.24) is 10.3 Å². The molecule has 0 saturated carbocycles. The van der Waals surface area contributed by atoms with Gasteiger partial charge < -0.3 is 15.0 Å². The highest BCUT2D eigenvalue weighted by molar-refractivity contribution is 6.11. The average Bonchev–Trinajstić information content (AvgIpc) is 2.75. The summed E-state index contributed by atoms with van der Waals surface area (Å²) >= 11 is 0. The average molecular weight is 374 g/mol. The standard InChI is InChI=1S/C21H22N6O/c22-10-19-20(28-18-7-4-8-24-13-18)9-17(12-25-19)27-14-16(11-26-21(27)23)15-5-2-1-3-6-15/h1-3,5-6,9,11-12,14,18,21,24H,4,7-8,13,23H2. The van der Waals surface area contributed by atoms with Gasteiger partial charge in [0.05, 0.1) is 11.9 Å². The summed E-state index contributed by atoms with van der Waals surface area (Å²) in [5.74, 6) is 0.477. The maximum atomic E-state index is 9.41. The molecule has 3 heterocycles. The molecule has 1 aromatic heterocycles. The molecular formula is C21H22N6O. The number of rotatable bonds is 4. The molecule has 2 aromatic rings. The summed E-state index contributed by atoms with van der Waals surface area (Å²) in [6, 6.07) is 13.9. The monoisotopic (exact) mass is 374 g/mol. The Hall–Kier alpha value is -3.21. The molecule has 3 N–H and O–H groups in total. The minimum atomic E-state index is -0.564. The van der Waals surface area contributed by atoms with Crippen LogP contribution in [0.3, 0.4) is 0 Å². The maximum absolute atomic E-state index is 9.41. The van der Waals surface area contributed by atoms with Gasteiger partial charge in [0.2, 0.25) is 0 Å². The van der Waals surface area contributed by atoms with Crippen molar-refractivity contribution in [3.63, 3.8) is 0 Å². The van der Waals surface area contributed by atoms with Gasteiger partial charge in [-0.1, -0.05) is 30.3 Å². The second-order valence-electron chi connectivity index (χ2n) is 6.79. The lowest BCUT2D eigenvalue weighted by Crippen LogP contribution is -2.39. The predicted octanol–water partition coefficient (Wildman–Crippen LogP) is 2.26. The minimum Gasteiger partial charge on any atom is -0.486 e. The molecule has 7 nitrogen and oxygen atoms in total. The number of hydrogen-bond donors (Lipinski definition) is 2. The lowest BCUT2D eigenvalue weighted by Gasteiger charge is -2.29. The van der Waals surface area contributed by atoms with Crippen molar-refractivity contribution in [2.24, 2.45) is 10.7 Å². The van der Waals surface area contributed by atoms with Crippen molar-refractivity contribution in [2.45, 2.75) is 25.2 Å². The van der Waals surface area contributed by atoms with E-state index in [2.05, 4.69) is 21.4 Å². The zero-order valence-corrected chi connectivity index (χ0v) is 15.5. The molecule has 4 rings (SSSR count). The highest BCUT2D eigenvalue weighted by Crippen LogP contribution is 2.29. The number of ether oxygens (including phenoxy) is 1. The van der Waals surface area contributed by atoms with Crippen LogP contribution in [0, 0.1) is 11.3 Å². The zero-order valence-electron chi connectivity index (χ0n) is 15.5. The molecule has 2 aliphatic heterocycles. The molecule has 2 aliphatic rings. The number of benzene rings is 1. The van der Waals surface area contributed by atoms with E-state index in [0.717, 1.165) is 42.8 Å². The van der Waals surface area contributed by atoms with Gasteiger partial charge in [0, 0.05) is 30.6 Å². The minimum absolute atomic E-state index is 0.0290. The summed E-state index contributed by atoms with van der Waals surface area (Å²) < 4.78 is 6.08. The van der Waals surface area contributed by atoms with Crippen LogP contribution in [0.5, 0.6) is 5.75 Å². The van der Waals surface area contributed by atoms with Crippen molar-refractivity contribution in [3.8, 4) is 11.8 Å². The topological polar surface area (TPSA) is 99.6 Å². The van der Waals surface area contributed by atoms with Crippen LogP contribution in [0.1, 0.15) is 24.1 Å². The normalized spacial score (nSPS) is 21.7. The van der Waals surface area contributed by atoms with E-state index in [1.54, 1.807) is 12.4 Å². The van der Waals surface area contributed by atoms with Crippen molar-refractivity contribution < 1.29 is 4.74 Å². The summed E-state index contributed by atoms with van der Waals surface area (Å²) in [7, 11) is 0. The van der Waals surface area contributed by atoms with E-state index in [4.69, 9.17) is 10.5 Å². The van der Waals surface area contributed by atoms with Crippen LogP contribution in [0.4, 0.5) is 5.69 Å². The SMILES string of the molecule is N#Cc1ncc(N2C=C(c3ccccc3)C=NC2N)cc1OC1CCCNC1. The van der Waals surface area contributed by atoms with E-state index in [0.29, 0.717) is 5.75 Å². The Kier molecular flexibility index (Phi) is 5.33. The second-order valence-corrected chi connectivity index (χ2v) is 6.79. The van der Waals surface area contributed by atoms with E-state index in [1.807, 2.05) is 47.5 Å². The fraction of sp³-hybridized carbons (Fsp3) is 0.286. The van der Waals surface area contributed by atoms with Gasteiger partial charge in [-0.05, 0) is 24.9 Å². The highest BCUT2D eigenvalue weighted by atomic mass is 16.5. The summed E-state index contributed by atoms with van der Waals surface area (Å²) in [6.45, 7) is 1.76. The molecule has 0 spiro atoms. The van der Waals surface area contributed by atoms with Gasteiger partial charge >= 0.3 is 0 Å². The lowest BCUT2D eigenvalue weighted by atomic mass is 10.1. The largest absolute Gasteiger partial charge is 0.486 e. The number of pyridine rings is 1. The van der Waals surface area contributed by atoms with E-state index >= 15 is 0 Å². The highest BCUT2D eigenvalue weighted by Gasteiger charge is 2.21. The molecule has 0 amide bonds. The number of piperidine rings is 1. The molecule has 0 radical (unpaired) electrons. The Morgan fingerprint density at radius 3 is 2.89 bits per heavy atom. The van der Waals surface area contributed by atoms with E-state index in [-0.39, 0.29) is 11.8 Å². The van der Waals surface area contributed by atoms with Crippen LogP contribution in [-0.2, 0) is 0 Å². The van der Waals surface area contributed by atoms with Gasteiger partial charge in [-0.3, -0.25) is 10.7 Å². The molecule has 2 atom stereocenters. The molecule has 142 valence electrons. The Morgan fingerprint density at radius 2 is 2.14 bits per heavy atom. The van der Waals surface area contributed by atoms with Crippen LogP contribution in [0.15, 0.2) is 53.8 Å². The fourth-order valence-electron chi connectivity index (χ4n) is 3.34. The molecule has 1 saturated heterocycles. The Balaban J connectivity index is 1.64. The first-order valence-electron chi connectivity index (χ1n) is 9.36. The van der Waals surface area contributed by atoms with Crippen LogP contribution in [0.25, 0.3) is 5.57 Å². The summed E-state index contributed by atoms with van der Waals surface area (Å²) in [5, 5.41) is 12.7. The number of nitrogens with zero attached hydrogens (tertiary/aromatic N) is 4. The summed E-state index contributed by atoms with van der Waals surface area (Å²) in [6.07, 6.45) is 6.82. The molecule has 7 heteroatoms. The van der Waals surface area contributed by atoms with Crippen LogP contribution < -0.4 is 20.7 Å². The molecule has 0 aliphatic carbocycles. The molecular weight excluding hydrogens is 352 g/mol. The Morgan fingerprint density at radius 1 is 1.29 bits per heavy atom. The number of nitriles is 1. The number of anilines is 1. The molecule has 2 unspecified atom stereocenters. The lowest BCUT2D eigenvalue weighted by molar-refractivity contribution is 0.166. The number of hydrogen-bond acceptors (Lipinski definition) is 7. The molecule has 0 bridgehead atoms. The number of nitrogens with one attached hydrogen (secondary N) is 1. The van der Waals surface area contributed by atoms with Crippen LogP contribution >= 0.6 is 0 Å². The summed E-state index contributed by atoms with van der Waals surface area (Å²) in [4.78, 5) is 10.5. The van der Waals surface area contributed by atoms with E-state index in [1.165, 1.54) is 0 Å². The smallest absolute Gasteiger partial charge is 0.182 e. The molecule has 1 aromatic carbocycles. The van der Waals surface area contributed by atoms with Gasteiger partial charge in [-0.15, -0.1) is 0 Å². The van der Waals surface area contributed by atoms with Crippen LogP contribution in [0.2, 0.25) is 0 Å². The first-order valence-corrected chi connectivity index (χ1v) is 9.36. The third-order valence-corrected chi connectivity index (χ3v) is 4.82. The van der Waals surface area contributed by atoms with Gasteiger partial charge in [-0.25, -0.2) is 4.98 Å². The number of aliphatic imine (C=N–C) groups is 1. The van der Waals surface area contributed by atoms with Crippen molar-refractivity contribution in [2.75, 3.05) is 18.0 Å².